The zero-order chi connectivity index (χ0) is 55.1. The highest BCUT2D eigenvalue weighted by atomic mass is 79.9. The number of ketones is 1. The van der Waals surface area contributed by atoms with Crippen molar-refractivity contribution < 1.29 is 65.9 Å². The van der Waals surface area contributed by atoms with E-state index in [4.69, 9.17) is 51.5 Å². The van der Waals surface area contributed by atoms with Crippen molar-refractivity contribution in [3.05, 3.63) is 59.1 Å². The molecule has 0 amide bonds. The molecule has 8 saturated heterocycles. The molecule has 8 fully saturated rings. The van der Waals surface area contributed by atoms with E-state index in [0.29, 0.717) is 76.4 Å². The van der Waals surface area contributed by atoms with Crippen LogP contribution in [0.4, 0.5) is 0 Å². The van der Waals surface area contributed by atoms with Crippen LogP contribution in [0.15, 0.2) is 53.5 Å². The fourth-order valence-electron chi connectivity index (χ4n) is 12.4. The lowest BCUT2D eigenvalue weighted by Crippen LogP contribution is -2.61. The van der Waals surface area contributed by atoms with Gasteiger partial charge < -0.3 is 56.3 Å². The largest absolute Gasteiger partial charge is 0.458 e. The molecule has 0 aromatic heterocycles. The monoisotopic (exact) mass is 1160 g/mol. The highest BCUT2D eigenvalue weighted by Crippen LogP contribution is 2.54. The SMILES string of the molecule is C=C(Br)C[C@H](CC[C@@]12CC3OC4C(O1)[C@H]1OC(CC(=O)CC5[C@@H](OC)C(CC(CO[Si](C)(C)C(C)(C)C)O[Si](C)(C)C(C)(C)C)O[C@H]5CC5OC(CCC=O)CC(C)C5=C)CCC1O[C@H]4C3O2)OC(=O)c1ccccc1. The summed E-state index contributed by atoms with van der Waals surface area (Å²) in [5.74, 6) is -1.40. The van der Waals surface area contributed by atoms with Crippen molar-refractivity contribution in [3.63, 3.8) is 0 Å². The lowest BCUT2D eigenvalue weighted by Gasteiger charge is -2.47. The Labute approximate surface area is 464 Å². The number of ether oxygens (including phenoxy) is 9. The van der Waals surface area contributed by atoms with Gasteiger partial charge in [0.1, 0.15) is 48.7 Å². The minimum atomic E-state index is -2.27. The molecule has 6 bridgehead atoms. The number of aldehydes is 1. The van der Waals surface area contributed by atoms with Gasteiger partial charge in [0.25, 0.3) is 0 Å². The normalized spacial score (nSPS) is 36.1. The Balaban J connectivity index is 0.980. The number of Topliss-reactive ketones (excluding diaryl/α,β-unsaturated/α-hetero) is 1. The molecular weight excluding hydrogens is 1070 g/mol. The van der Waals surface area contributed by atoms with Gasteiger partial charge in [-0.3, -0.25) is 4.79 Å². The summed E-state index contributed by atoms with van der Waals surface area (Å²) in [4.78, 5) is 39.4. The quantitative estimate of drug-likeness (QED) is 0.0417. The molecule has 0 saturated carbocycles. The van der Waals surface area contributed by atoms with E-state index < -0.39 is 52.8 Å². The third-order valence-corrected chi connectivity index (χ3v) is 28.0. The van der Waals surface area contributed by atoms with Crippen molar-refractivity contribution >= 4 is 50.6 Å². The van der Waals surface area contributed by atoms with E-state index in [0.717, 1.165) is 22.8 Å². The molecule has 1 aromatic rings. The van der Waals surface area contributed by atoms with Crippen molar-refractivity contribution in [1.82, 2.24) is 0 Å². The van der Waals surface area contributed by atoms with Gasteiger partial charge in [-0.1, -0.05) is 95.8 Å². The Morgan fingerprint density at radius 2 is 1.53 bits per heavy atom. The molecule has 1 aromatic carbocycles. The molecule has 17 heteroatoms. The number of rotatable bonds is 24. The molecule has 0 spiro atoms. The van der Waals surface area contributed by atoms with E-state index in [-0.39, 0.29) is 108 Å². The fraction of sp³-hybridized carbons (Fsp3) is 0.780. The first-order chi connectivity index (χ1) is 35.7. The second kappa shape index (κ2) is 24.2. The first-order valence-electron chi connectivity index (χ1n) is 28.4. The molecule has 9 rings (SSSR count). The molecule has 426 valence electrons. The van der Waals surface area contributed by atoms with E-state index in [1.54, 1.807) is 19.2 Å². The van der Waals surface area contributed by atoms with Crippen molar-refractivity contribution in [2.24, 2.45) is 11.8 Å². The Morgan fingerprint density at radius 1 is 0.842 bits per heavy atom. The lowest BCUT2D eigenvalue weighted by atomic mass is 9.81. The van der Waals surface area contributed by atoms with Crippen LogP contribution in [0.3, 0.4) is 0 Å². The summed E-state index contributed by atoms with van der Waals surface area (Å²) in [5.41, 5.74) is 1.49. The van der Waals surface area contributed by atoms with Gasteiger partial charge >= 0.3 is 5.97 Å². The molecule has 8 aliphatic heterocycles. The summed E-state index contributed by atoms with van der Waals surface area (Å²) >= 11 is 3.50. The first kappa shape index (κ1) is 60.1. The summed E-state index contributed by atoms with van der Waals surface area (Å²) in [6, 6.07) is 8.99. The molecule has 12 unspecified atom stereocenters. The van der Waals surface area contributed by atoms with Crippen LogP contribution in [0.2, 0.25) is 36.3 Å². The fourth-order valence-corrected chi connectivity index (χ4v) is 15.1. The summed E-state index contributed by atoms with van der Waals surface area (Å²) in [6.07, 6.45) is 2.60. The Bertz CT molecular complexity index is 2200. The second-order valence-corrected chi connectivity index (χ2v) is 37.0. The van der Waals surface area contributed by atoms with E-state index in [2.05, 4.69) is 104 Å². The Hall–Kier alpha value is -1.98. The van der Waals surface area contributed by atoms with Gasteiger partial charge in [-0.25, -0.2) is 4.79 Å². The third kappa shape index (κ3) is 13.7. The van der Waals surface area contributed by atoms with Crippen LogP contribution in [-0.2, 0) is 61.1 Å². The molecule has 18 atom stereocenters. The summed E-state index contributed by atoms with van der Waals surface area (Å²) in [7, 11) is -2.69. The van der Waals surface area contributed by atoms with Crippen LogP contribution in [0.5, 0.6) is 0 Å². The molecule has 14 nitrogen and oxygen atoms in total. The standard InChI is InChI=1S/C59H91BrO14Si2/c1-35-27-40(21-18-26-61)66-46(37(35)3)32-47-44(50(64-10)48(69-47)31-43(74-76(13,14)58(7,8)9)34-65-75(11,12)57(4,5)6)30-39(62)29-41-22-23-45-51(67-41)55-54-53(70-45)52-49(71-54)33-59(72-52,73-55)25-24-42(28-36(2)60)68-56(63)38-19-16-15-17-20-38/h15-17,19-20,26,35,40-55H,2-3,18,21-25,27-34H2,1,4-14H3/t35?,40?,41?,42-,43?,44?,45?,46?,47-,48?,49?,50+,51-,52?,53-,54?,55?,59-/m0/s1. The van der Waals surface area contributed by atoms with Gasteiger partial charge in [0.05, 0.1) is 67.1 Å². The van der Waals surface area contributed by atoms with Crippen LogP contribution < -0.4 is 0 Å². The number of esters is 1. The summed E-state index contributed by atoms with van der Waals surface area (Å²) < 4.78 is 75.6. The Kier molecular flexibility index (Phi) is 19.2. The van der Waals surface area contributed by atoms with Crippen LogP contribution in [0, 0.1) is 11.8 Å². The second-order valence-electron chi connectivity index (χ2n) is 26.3. The number of hydrogen-bond acceptors (Lipinski definition) is 14. The highest BCUT2D eigenvalue weighted by molar-refractivity contribution is 9.11. The van der Waals surface area contributed by atoms with E-state index in [1.807, 2.05) is 18.2 Å². The number of fused-ring (bicyclic) bond motifs is 1. The third-order valence-electron chi connectivity index (χ3n) is 18.7. The van der Waals surface area contributed by atoms with E-state index >= 15 is 0 Å². The van der Waals surface area contributed by atoms with Crippen LogP contribution in [0.25, 0.3) is 0 Å². The average molecular weight is 1160 g/mol. The van der Waals surface area contributed by atoms with Crippen LogP contribution in [0.1, 0.15) is 142 Å². The van der Waals surface area contributed by atoms with Gasteiger partial charge in [0, 0.05) is 64.4 Å². The van der Waals surface area contributed by atoms with Crippen molar-refractivity contribution in [1.29, 1.82) is 0 Å². The van der Waals surface area contributed by atoms with Crippen molar-refractivity contribution in [2.45, 2.75) is 266 Å². The number of hydrogen-bond donors (Lipinski definition) is 0. The number of halogens is 1. The number of carbonyl (C=O) groups is 3. The van der Waals surface area contributed by atoms with Gasteiger partial charge in [-0.15, -0.1) is 0 Å². The summed E-state index contributed by atoms with van der Waals surface area (Å²) in [5, 5.41) is -0.0115. The van der Waals surface area contributed by atoms with Crippen molar-refractivity contribution in [3.8, 4) is 0 Å². The number of methoxy groups -OCH3 is 1. The maximum atomic E-state index is 14.8. The zero-order valence-electron chi connectivity index (χ0n) is 47.7. The first-order valence-corrected chi connectivity index (χ1v) is 35.0. The maximum Gasteiger partial charge on any atom is 0.338 e. The Morgan fingerprint density at radius 3 is 2.20 bits per heavy atom. The molecule has 76 heavy (non-hydrogen) atoms. The van der Waals surface area contributed by atoms with Crippen LogP contribution in [-0.4, -0.2) is 146 Å². The average Bonchev–Trinajstić information content (AvgIpc) is 3.92. The van der Waals surface area contributed by atoms with Gasteiger partial charge in [-0.2, -0.15) is 0 Å². The van der Waals surface area contributed by atoms with Gasteiger partial charge in [-0.05, 0) is 96.5 Å². The smallest absolute Gasteiger partial charge is 0.338 e. The molecule has 8 aliphatic rings. The molecule has 0 N–H and O–H groups in total. The molecular formula is C59H91BrO14Si2. The number of benzene rings is 1. The minimum absolute atomic E-state index is 0.0189. The lowest BCUT2D eigenvalue weighted by molar-refractivity contribution is -0.292. The van der Waals surface area contributed by atoms with Crippen molar-refractivity contribution in [2.75, 3.05) is 13.7 Å². The maximum absolute atomic E-state index is 14.8. The highest BCUT2D eigenvalue weighted by Gasteiger charge is 2.69. The predicted octanol–water partition coefficient (Wildman–Crippen LogP) is 11.5. The summed E-state index contributed by atoms with van der Waals surface area (Å²) in [6.45, 7) is 33.8. The number of carbonyl (C=O) groups excluding carboxylic acids is 3. The minimum Gasteiger partial charge on any atom is -0.458 e. The topological polar surface area (TPSA) is 153 Å². The van der Waals surface area contributed by atoms with Gasteiger partial charge in [0.15, 0.2) is 22.4 Å². The van der Waals surface area contributed by atoms with E-state index in [9.17, 15) is 14.4 Å². The molecule has 0 aliphatic carbocycles. The zero-order valence-corrected chi connectivity index (χ0v) is 51.3. The molecule has 0 radical (unpaired) electrons. The molecule has 8 heterocycles. The van der Waals surface area contributed by atoms with E-state index in [1.165, 1.54) is 0 Å². The van der Waals surface area contributed by atoms with Gasteiger partial charge in [0.2, 0.25) is 0 Å². The van der Waals surface area contributed by atoms with Crippen LogP contribution >= 0.6 is 15.9 Å². The predicted molar refractivity (Wildman–Crippen MR) is 298 cm³/mol.